The smallest absolute Gasteiger partial charge is 0.234 e. The van der Waals surface area contributed by atoms with E-state index in [1.165, 1.54) is 0 Å². The molecule has 0 radical (unpaired) electrons. The fourth-order valence-electron chi connectivity index (χ4n) is 7.95. The van der Waals surface area contributed by atoms with Crippen molar-refractivity contribution in [1.82, 2.24) is 19.9 Å². The quantitative estimate of drug-likeness (QED) is 0.122. The highest BCUT2D eigenvalue weighted by atomic mass is 15.3. The second-order valence-electron chi connectivity index (χ2n) is 14.8. The number of nitrogens with zero attached hydrogens (tertiary/aromatic N) is 7. The van der Waals surface area contributed by atoms with Gasteiger partial charge in [0.1, 0.15) is 0 Å². The van der Waals surface area contributed by atoms with Gasteiger partial charge in [-0.2, -0.15) is 0 Å². The van der Waals surface area contributed by atoms with Crippen LogP contribution in [0.2, 0.25) is 0 Å². The van der Waals surface area contributed by atoms with Crippen LogP contribution >= 0.6 is 0 Å². The molecule has 7 heteroatoms. The zero-order valence-corrected chi connectivity index (χ0v) is 34.3. The Morgan fingerprint density at radius 2 is 0.587 bits per heavy atom. The third-order valence-corrected chi connectivity index (χ3v) is 10.9. The summed E-state index contributed by atoms with van der Waals surface area (Å²) in [5.74, 6) is 1.08. The van der Waals surface area contributed by atoms with Crippen molar-refractivity contribution in [2.75, 3.05) is 14.7 Å². The molecule has 0 aliphatic heterocycles. The molecular formula is C56H41N7. The Hall–Kier alpha value is -8.68. The number of para-hydroxylation sites is 6. The summed E-state index contributed by atoms with van der Waals surface area (Å²) < 4.78 is 0. The molecule has 300 valence electrons. The summed E-state index contributed by atoms with van der Waals surface area (Å²) >= 11 is 0. The summed E-state index contributed by atoms with van der Waals surface area (Å²) in [6, 6.07) is 78.0. The lowest BCUT2D eigenvalue weighted by Crippen LogP contribution is -2.15. The Bertz CT molecular complexity index is 2770. The summed E-state index contributed by atoms with van der Waals surface area (Å²) in [7, 11) is 0. The van der Waals surface area contributed by atoms with E-state index in [-0.39, 0.29) is 0 Å². The maximum Gasteiger partial charge on any atom is 0.234 e. The van der Waals surface area contributed by atoms with Crippen molar-refractivity contribution in [3.8, 4) is 33.6 Å². The minimum Gasteiger partial charge on any atom is -0.311 e. The van der Waals surface area contributed by atoms with Gasteiger partial charge in [0.25, 0.3) is 0 Å². The van der Waals surface area contributed by atoms with Crippen molar-refractivity contribution in [3.05, 3.63) is 249 Å². The summed E-state index contributed by atoms with van der Waals surface area (Å²) in [5.41, 5.74) is 13.2. The summed E-state index contributed by atoms with van der Waals surface area (Å²) in [5, 5.41) is 0. The Morgan fingerprint density at radius 3 is 0.968 bits per heavy atom. The number of hydrogen-bond donors (Lipinski definition) is 0. The molecule has 63 heavy (non-hydrogen) atoms. The third kappa shape index (κ3) is 8.14. The van der Waals surface area contributed by atoms with Crippen LogP contribution in [0, 0.1) is 0 Å². The van der Waals surface area contributed by atoms with Crippen LogP contribution in [0.5, 0.6) is 0 Å². The van der Waals surface area contributed by atoms with E-state index in [0.717, 1.165) is 73.3 Å². The van der Waals surface area contributed by atoms with Gasteiger partial charge in [0.2, 0.25) is 5.95 Å². The molecule has 10 rings (SSSR count). The summed E-state index contributed by atoms with van der Waals surface area (Å²) in [6.07, 6.45) is 7.04. The van der Waals surface area contributed by atoms with Crippen LogP contribution in [0.1, 0.15) is 0 Å². The highest BCUT2D eigenvalue weighted by Crippen LogP contribution is 2.45. The Kier molecular flexibility index (Phi) is 10.9. The molecule has 0 fully saturated rings. The molecule has 0 saturated heterocycles. The highest BCUT2D eigenvalue weighted by molar-refractivity contribution is 5.93. The molecule has 0 spiro atoms. The highest BCUT2D eigenvalue weighted by Gasteiger charge is 2.23. The predicted molar refractivity (Wildman–Crippen MR) is 258 cm³/mol. The predicted octanol–water partition coefficient (Wildman–Crippen LogP) is 14.7. The van der Waals surface area contributed by atoms with Crippen LogP contribution < -0.4 is 14.7 Å². The molecule has 0 aliphatic carbocycles. The number of anilines is 9. The van der Waals surface area contributed by atoms with Gasteiger partial charge in [-0.3, -0.25) is 4.90 Å². The average molecular weight is 812 g/mol. The number of aromatic nitrogens is 4. The lowest BCUT2D eigenvalue weighted by atomic mass is 9.99. The molecular weight excluding hydrogens is 771 g/mol. The van der Waals surface area contributed by atoms with E-state index >= 15 is 0 Å². The van der Waals surface area contributed by atoms with Crippen molar-refractivity contribution in [2.45, 2.75) is 0 Å². The van der Waals surface area contributed by atoms with Gasteiger partial charge in [0.15, 0.2) is 5.82 Å². The molecule has 10 aromatic rings. The van der Waals surface area contributed by atoms with Crippen LogP contribution in [0.4, 0.5) is 51.4 Å². The van der Waals surface area contributed by atoms with Crippen LogP contribution in [-0.4, -0.2) is 19.9 Å². The first-order valence-electron chi connectivity index (χ1n) is 20.9. The molecule has 0 N–H and O–H groups in total. The van der Waals surface area contributed by atoms with Gasteiger partial charge in [-0.05, 0) is 102 Å². The number of benzene rings is 8. The SMILES string of the molecule is c1ccc(N(c2ccccc2)c2ccc(-c3ccccc3N(c3ncc(-c4ncccn4)cn3)c3ccccc3-c3ccc(N(c4ccccc4)c4ccccc4)cc3)cc2)cc1. The summed E-state index contributed by atoms with van der Waals surface area (Å²) in [4.78, 5) is 25.6. The number of hydrogen-bond acceptors (Lipinski definition) is 7. The maximum atomic E-state index is 5.01. The molecule has 0 bridgehead atoms. The van der Waals surface area contributed by atoms with E-state index in [1.807, 2.05) is 24.3 Å². The molecule has 8 aromatic carbocycles. The first kappa shape index (κ1) is 38.5. The monoisotopic (exact) mass is 811 g/mol. The van der Waals surface area contributed by atoms with E-state index in [0.29, 0.717) is 11.8 Å². The topological polar surface area (TPSA) is 61.3 Å². The Morgan fingerprint density at radius 1 is 0.254 bits per heavy atom. The van der Waals surface area contributed by atoms with Crippen LogP contribution in [0.15, 0.2) is 249 Å². The van der Waals surface area contributed by atoms with Gasteiger partial charge in [-0.1, -0.05) is 133 Å². The molecule has 7 nitrogen and oxygen atoms in total. The zero-order chi connectivity index (χ0) is 42.2. The molecule has 0 aliphatic rings. The minimum absolute atomic E-state index is 0.515. The first-order chi connectivity index (χ1) is 31.3. The van der Waals surface area contributed by atoms with Crippen molar-refractivity contribution >= 4 is 51.4 Å². The fourth-order valence-corrected chi connectivity index (χ4v) is 7.95. The van der Waals surface area contributed by atoms with E-state index < -0.39 is 0 Å². The summed E-state index contributed by atoms with van der Waals surface area (Å²) in [6.45, 7) is 0. The molecule has 0 saturated carbocycles. The van der Waals surface area contributed by atoms with Gasteiger partial charge >= 0.3 is 0 Å². The Labute approximate surface area is 367 Å². The van der Waals surface area contributed by atoms with E-state index in [9.17, 15) is 0 Å². The second-order valence-corrected chi connectivity index (χ2v) is 14.8. The average Bonchev–Trinajstić information content (AvgIpc) is 3.37. The standard InChI is InChI=1S/C56H41N7/c1-5-18-45(19-6-1)61(46-20-7-2-8-21-46)49-34-30-42(31-35-49)51-26-13-15-28-53(51)63(56-59-40-44(41-60-56)55-57-38-17-39-58-55)54-29-16-14-27-52(54)43-32-36-50(37-33-43)62(47-22-9-3-10-23-47)48-24-11-4-12-25-48/h1-41H. The van der Waals surface area contributed by atoms with Crippen molar-refractivity contribution in [1.29, 1.82) is 0 Å². The van der Waals surface area contributed by atoms with Crippen molar-refractivity contribution in [3.63, 3.8) is 0 Å². The van der Waals surface area contributed by atoms with Crippen molar-refractivity contribution in [2.24, 2.45) is 0 Å². The third-order valence-electron chi connectivity index (χ3n) is 10.9. The molecule has 0 atom stereocenters. The molecule has 2 aromatic heterocycles. The van der Waals surface area contributed by atoms with Gasteiger partial charge in [-0.25, -0.2) is 19.9 Å². The van der Waals surface area contributed by atoms with Crippen LogP contribution in [-0.2, 0) is 0 Å². The van der Waals surface area contributed by atoms with Crippen molar-refractivity contribution < 1.29 is 0 Å². The van der Waals surface area contributed by atoms with E-state index in [2.05, 4.69) is 219 Å². The van der Waals surface area contributed by atoms with Crippen LogP contribution in [0.25, 0.3) is 33.6 Å². The molecule has 0 unspecified atom stereocenters. The Balaban J connectivity index is 1.07. The van der Waals surface area contributed by atoms with Gasteiger partial charge < -0.3 is 9.80 Å². The van der Waals surface area contributed by atoms with E-state index in [1.54, 1.807) is 30.9 Å². The lowest BCUT2D eigenvalue weighted by molar-refractivity contribution is 1.07. The lowest BCUT2D eigenvalue weighted by Gasteiger charge is -2.29. The second kappa shape index (κ2) is 17.9. The largest absolute Gasteiger partial charge is 0.311 e. The van der Waals surface area contributed by atoms with Gasteiger partial charge in [-0.15, -0.1) is 0 Å². The van der Waals surface area contributed by atoms with Gasteiger partial charge in [0.05, 0.1) is 16.9 Å². The molecule has 0 amide bonds. The first-order valence-corrected chi connectivity index (χ1v) is 20.9. The fraction of sp³-hybridized carbons (Fsp3) is 0. The van der Waals surface area contributed by atoms with E-state index in [4.69, 9.17) is 9.97 Å². The maximum absolute atomic E-state index is 5.01. The van der Waals surface area contributed by atoms with Crippen LogP contribution in [0.3, 0.4) is 0 Å². The minimum atomic E-state index is 0.515. The normalized spacial score (nSPS) is 10.9. The number of rotatable bonds is 12. The molecule has 2 heterocycles. The van der Waals surface area contributed by atoms with Gasteiger partial charge in [0, 0.05) is 70.0 Å². The zero-order valence-electron chi connectivity index (χ0n) is 34.3.